The molecule has 2 N–H and O–H groups in total. The summed E-state index contributed by atoms with van der Waals surface area (Å²) in [4.78, 5) is 0. The average Bonchev–Trinajstić information content (AvgIpc) is 2.28. The Balaban J connectivity index is 2.51. The van der Waals surface area contributed by atoms with Gasteiger partial charge in [-0.05, 0) is 31.0 Å². The molecular formula is C12H17NO2. The van der Waals surface area contributed by atoms with Crippen molar-refractivity contribution >= 4 is 0 Å². The first kappa shape index (κ1) is 10.5. The zero-order valence-electron chi connectivity index (χ0n) is 9.21. The molecule has 3 heteroatoms. The number of aliphatic hydroxyl groups excluding tert-OH is 1. The Bertz CT molecular complexity index is 363. The van der Waals surface area contributed by atoms with Crippen LogP contribution in [0.1, 0.15) is 22.7 Å². The van der Waals surface area contributed by atoms with E-state index in [1.165, 1.54) is 11.1 Å². The lowest BCUT2D eigenvalue weighted by Gasteiger charge is -2.27. The number of nitrogens with one attached hydrogen (secondary N) is 1. The van der Waals surface area contributed by atoms with Gasteiger partial charge in [0.05, 0.1) is 19.8 Å². The highest BCUT2D eigenvalue weighted by Crippen LogP contribution is 2.32. The molecule has 15 heavy (non-hydrogen) atoms. The Labute approximate surface area is 90.1 Å². The second kappa shape index (κ2) is 4.21. The number of methoxy groups -OCH3 is 1. The van der Waals surface area contributed by atoms with Gasteiger partial charge in [-0.1, -0.05) is 12.1 Å². The molecule has 82 valence electrons. The van der Waals surface area contributed by atoms with Crippen LogP contribution >= 0.6 is 0 Å². The van der Waals surface area contributed by atoms with Gasteiger partial charge < -0.3 is 15.2 Å². The Kier molecular flexibility index (Phi) is 2.93. The normalized spacial score (nSPS) is 19.8. The van der Waals surface area contributed by atoms with Gasteiger partial charge in [-0.15, -0.1) is 0 Å². The van der Waals surface area contributed by atoms with Crippen molar-refractivity contribution in [2.75, 3.05) is 20.3 Å². The molecule has 1 aromatic carbocycles. The first-order valence-electron chi connectivity index (χ1n) is 5.28. The third-order valence-electron chi connectivity index (χ3n) is 3.02. The van der Waals surface area contributed by atoms with E-state index >= 15 is 0 Å². The summed E-state index contributed by atoms with van der Waals surface area (Å²) < 4.78 is 5.43. The van der Waals surface area contributed by atoms with Gasteiger partial charge >= 0.3 is 0 Å². The maximum absolute atomic E-state index is 9.27. The molecule has 0 aromatic heterocycles. The van der Waals surface area contributed by atoms with Crippen LogP contribution < -0.4 is 10.1 Å². The largest absolute Gasteiger partial charge is 0.496 e. The summed E-state index contributed by atoms with van der Waals surface area (Å²) in [6, 6.07) is 4.19. The molecule has 0 aliphatic carbocycles. The molecule has 0 fully saturated rings. The average molecular weight is 207 g/mol. The second-order valence-corrected chi connectivity index (χ2v) is 3.92. The Hall–Kier alpha value is -1.06. The SMILES string of the molecule is COc1c(C)ccc2c1CCNC2CO. The summed E-state index contributed by atoms with van der Waals surface area (Å²) in [5.41, 5.74) is 3.58. The lowest BCUT2D eigenvalue weighted by atomic mass is 9.92. The number of hydrogen-bond donors (Lipinski definition) is 2. The van der Waals surface area contributed by atoms with Crippen LogP contribution in [0, 0.1) is 6.92 Å². The van der Waals surface area contributed by atoms with Gasteiger partial charge in [0.1, 0.15) is 5.75 Å². The van der Waals surface area contributed by atoms with Crippen LogP contribution in [-0.2, 0) is 6.42 Å². The number of fused-ring (bicyclic) bond motifs is 1. The monoisotopic (exact) mass is 207 g/mol. The van der Waals surface area contributed by atoms with Crippen LogP contribution in [0.2, 0.25) is 0 Å². The van der Waals surface area contributed by atoms with E-state index in [1.807, 2.05) is 6.07 Å². The van der Waals surface area contributed by atoms with E-state index in [0.717, 1.165) is 24.3 Å². The molecule has 0 radical (unpaired) electrons. The fourth-order valence-electron chi connectivity index (χ4n) is 2.27. The maximum atomic E-state index is 9.27. The van der Waals surface area contributed by atoms with E-state index in [1.54, 1.807) is 7.11 Å². The van der Waals surface area contributed by atoms with Gasteiger partial charge in [-0.25, -0.2) is 0 Å². The minimum atomic E-state index is 0.0586. The van der Waals surface area contributed by atoms with E-state index in [0.29, 0.717) is 0 Å². The molecule has 1 unspecified atom stereocenters. The van der Waals surface area contributed by atoms with Crippen molar-refractivity contribution in [3.05, 3.63) is 28.8 Å². The van der Waals surface area contributed by atoms with Crippen LogP contribution in [0.4, 0.5) is 0 Å². The van der Waals surface area contributed by atoms with E-state index in [2.05, 4.69) is 18.3 Å². The van der Waals surface area contributed by atoms with Crippen molar-refractivity contribution in [2.24, 2.45) is 0 Å². The molecule has 1 aromatic rings. The molecule has 1 atom stereocenters. The van der Waals surface area contributed by atoms with Crippen molar-refractivity contribution in [3.63, 3.8) is 0 Å². The van der Waals surface area contributed by atoms with Crippen LogP contribution in [0.25, 0.3) is 0 Å². The molecule has 2 rings (SSSR count). The molecule has 1 aliphatic rings. The quantitative estimate of drug-likeness (QED) is 0.765. The lowest BCUT2D eigenvalue weighted by molar-refractivity contribution is 0.239. The summed E-state index contributed by atoms with van der Waals surface area (Å²) >= 11 is 0. The third kappa shape index (κ3) is 1.73. The number of hydrogen-bond acceptors (Lipinski definition) is 3. The molecule has 0 saturated heterocycles. The van der Waals surface area contributed by atoms with Gasteiger partial charge in [0.25, 0.3) is 0 Å². The smallest absolute Gasteiger partial charge is 0.125 e. The highest BCUT2D eigenvalue weighted by atomic mass is 16.5. The Morgan fingerprint density at radius 3 is 3.00 bits per heavy atom. The first-order valence-corrected chi connectivity index (χ1v) is 5.28. The lowest BCUT2D eigenvalue weighted by Crippen LogP contribution is -2.32. The van der Waals surface area contributed by atoms with Gasteiger partial charge in [0, 0.05) is 5.56 Å². The molecule has 0 saturated carbocycles. The van der Waals surface area contributed by atoms with Crippen LogP contribution in [0.15, 0.2) is 12.1 Å². The highest BCUT2D eigenvalue weighted by Gasteiger charge is 2.22. The zero-order chi connectivity index (χ0) is 10.8. The number of ether oxygens (including phenoxy) is 1. The number of benzene rings is 1. The predicted octanol–water partition coefficient (Wildman–Crippen LogP) is 1.18. The van der Waals surface area contributed by atoms with Gasteiger partial charge in [0.15, 0.2) is 0 Å². The molecule has 1 aliphatic heterocycles. The van der Waals surface area contributed by atoms with E-state index in [9.17, 15) is 5.11 Å². The maximum Gasteiger partial charge on any atom is 0.125 e. The summed E-state index contributed by atoms with van der Waals surface area (Å²) in [7, 11) is 1.71. The summed E-state index contributed by atoms with van der Waals surface area (Å²) in [5.74, 6) is 0.979. The van der Waals surface area contributed by atoms with Crippen molar-refractivity contribution in [1.82, 2.24) is 5.32 Å². The van der Waals surface area contributed by atoms with E-state index < -0.39 is 0 Å². The van der Waals surface area contributed by atoms with Crippen molar-refractivity contribution in [3.8, 4) is 5.75 Å². The number of aliphatic hydroxyl groups is 1. The third-order valence-corrected chi connectivity index (χ3v) is 3.02. The molecule has 0 spiro atoms. The van der Waals surface area contributed by atoms with E-state index in [-0.39, 0.29) is 12.6 Å². The first-order chi connectivity index (χ1) is 7.27. The highest BCUT2D eigenvalue weighted by molar-refractivity contribution is 5.48. The van der Waals surface area contributed by atoms with Crippen molar-refractivity contribution in [2.45, 2.75) is 19.4 Å². The molecule has 0 bridgehead atoms. The van der Waals surface area contributed by atoms with E-state index in [4.69, 9.17) is 4.74 Å². The summed E-state index contributed by atoms with van der Waals surface area (Å²) in [5, 5.41) is 12.6. The molecule has 0 amide bonds. The fraction of sp³-hybridized carbons (Fsp3) is 0.500. The molecular weight excluding hydrogens is 190 g/mol. The van der Waals surface area contributed by atoms with Gasteiger partial charge in [-0.2, -0.15) is 0 Å². The number of aryl methyl sites for hydroxylation is 1. The van der Waals surface area contributed by atoms with Crippen LogP contribution in [0.5, 0.6) is 5.75 Å². The van der Waals surface area contributed by atoms with Gasteiger partial charge in [0.2, 0.25) is 0 Å². The fourth-order valence-corrected chi connectivity index (χ4v) is 2.27. The standard InChI is InChI=1S/C12H17NO2/c1-8-3-4-9-10(12(8)15-2)5-6-13-11(9)7-14/h3-4,11,13-14H,5-7H2,1-2H3. The van der Waals surface area contributed by atoms with Crippen LogP contribution in [0.3, 0.4) is 0 Å². The molecule has 1 heterocycles. The van der Waals surface area contributed by atoms with Crippen molar-refractivity contribution in [1.29, 1.82) is 0 Å². The minimum Gasteiger partial charge on any atom is -0.496 e. The molecule has 3 nitrogen and oxygen atoms in total. The Morgan fingerprint density at radius 1 is 1.53 bits per heavy atom. The van der Waals surface area contributed by atoms with Gasteiger partial charge in [-0.3, -0.25) is 0 Å². The second-order valence-electron chi connectivity index (χ2n) is 3.92. The van der Waals surface area contributed by atoms with Crippen LogP contribution in [-0.4, -0.2) is 25.4 Å². The summed E-state index contributed by atoms with van der Waals surface area (Å²) in [6.07, 6.45) is 0.969. The number of rotatable bonds is 2. The summed E-state index contributed by atoms with van der Waals surface area (Å²) in [6.45, 7) is 3.09. The van der Waals surface area contributed by atoms with Crippen molar-refractivity contribution < 1.29 is 9.84 Å². The minimum absolute atomic E-state index is 0.0586. The predicted molar refractivity (Wildman–Crippen MR) is 59.3 cm³/mol. The topological polar surface area (TPSA) is 41.5 Å². The zero-order valence-corrected chi connectivity index (χ0v) is 9.21. The Morgan fingerprint density at radius 2 is 2.33 bits per heavy atom.